The lowest BCUT2D eigenvalue weighted by atomic mass is 10.1. The van der Waals surface area contributed by atoms with E-state index in [1.54, 1.807) is 18.2 Å². The predicted molar refractivity (Wildman–Crippen MR) is 105 cm³/mol. The molecular formula is C20H16ClFN4O2. The first-order chi connectivity index (χ1) is 13.6. The maximum absolute atomic E-state index is 13.9. The minimum atomic E-state index is -0.609. The number of aromatic nitrogens is 2. The fourth-order valence-electron chi connectivity index (χ4n) is 2.92. The Hall–Kier alpha value is -3.19. The molecule has 0 saturated carbocycles. The summed E-state index contributed by atoms with van der Waals surface area (Å²) in [7, 11) is 0. The summed E-state index contributed by atoms with van der Waals surface area (Å²) in [5.74, 6) is 0.262. The average molecular weight is 399 g/mol. The Morgan fingerprint density at radius 2 is 2.14 bits per heavy atom. The van der Waals surface area contributed by atoms with Crippen LogP contribution in [0, 0.1) is 5.82 Å². The van der Waals surface area contributed by atoms with Crippen LogP contribution in [0.4, 0.5) is 20.7 Å². The van der Waals surface area contributed by atoms with E-state index in [1.807, 2.05) is 18.2 Å². The number of fused-ring (bicyclic) bond motifs is 1. The Balaban J connectivity index is 1.69. The van der Waals surface area contributed by atoms with Gasteiger partial charge >= 0.3 is 6.03 Å². The number of rotatable bonds is 2. The van der Waals surface area contributed by atoms with E-state index in [-0.39, 0.29) is 5.69 Å². The normalized spacial score (nSPS) is 13.3. The number of hydrogen-bond donors (Lipinski definition) is 1. The van der Waals surface area contributed by atoms with Crippen LogP contribution in [-0.2, 0) is 0 Å². The number of ether oxygens (including phenoxy) is 1. The van der Waals surface area contributed by atoms with Crippen LogP contribution >= 0.6 is 11.6 Å². The van der Waals surface area contributed by atoms with E-state index in [9.17, 15) is 9.18 Å². The summed E-state index contributed by atoms with van der Waals surface area (Å²) in [4.78, 5) is 22.6. The molecule has 3 heterocycles. The van der Waals surface area contributed by atoms with Crippen molar-refractivity contribution in [3.63, 3.8) is 0 Å². The predicted octanol–water partition coefficient (Wildman–Crippen LogP) is 4.76. The monoisotopic (exact) mass is 398 g/mol. The quantitative estimate of drug-likeness (QED) is 0.676. The van der Waals surface area contributed by atoms with E-state index >= 15 is 0 Å². The second kappa shape index (κ2) is 7.82. The van der Waals surface area contributed by atoms with E-state index in [4.69, 9.17) is 16.3 Å². The van der Waals surface area contributed by atoms with Crippen LogP contribution < -0.4 is 15.0 Å². The molecule has 8 heteroatoms. The number of nitrogens with one attached hydrogen (secondary N) is 1. The molecule has 2 aromatic heterocycles. The van der Waals surface area contributed by atoms with Crippen LogP contribution in [0.15, 0.2) is 54.9 Å². The molecule has 0 atom stereocenters. The number of benzene rings is 1. The van der Waals surface area contributed by atoms with Crippen molar-refractivity contribution < 1.29 is 13.9 Å². The maximum Gasteiger partial charge on any atom is 0.327 e. The largest absolute Gasteiger partial charge is 0.490 e. The molecule has 1 aromatic carbocycles. The van der Waals surface area contributed by atoms with Crippen molar-refractivity contribution in [2.24, 2.45) is 0 Å². The summed E-state index contributed by atoms with van der Waals surface area (Å²) in [6.45, 7) is 0.843. The lowest BCUT2D eigenvalue weighted by Gasteiger charge is -2.22. The number of nitrogens with zero attached hydrogens (tertiary/aromatic N) is 3. The Morgan fingerprint density at radius 1 is 1.25 bits per heavy atom. The van der Waals surface area contributed by atoms with Gasteiger partial charge in [0.05, 0.1) is 24.2 Å². The first-order valence-electron chi connectivity index (χ1n) is 8.69. The lowest BCUT2D eigenvalue weighted by Crippen LogP contribution is -2.36. The number of anilines is 2. The number of hydrogen-bond acceptors (Lipinski definition) is 4. The van der Waals surface area contributed by atoms with E-state index in [0.29, 0.717) is 41.9 Å². The third-order valence-corrected chi connectivity index (χ3v) is 4.49. The number of carbonyl (C=O) groups is 1. The molecule has 1 N–H and O–H groups in total. The van der Waals surface area contributed by atoms with Crippen molar-refractivity contribution in [2.45, 2.75) is 6.42 Å². The van der Waals surface area contributed by atoms with Gasteiger partial charge in [-0.15, -0.1) is 0 Å². The van der Waals surface area contributed by atoms with Gasteiger partial charge in [0.15, 0.2) is 17.4 Å². The Labute approximate surface area is 165 Å². The topological polar surface area (TPSA) is 67.4 Å². The van der Waals surface area contributed by atoms with Crippen molar-refractivity contribution in [3.8, 4) is 17.0 Å². The molecule has 1 aliphatic heterocycles. The summed E-state index contributed by atoms with van der Waals surface area (Å²) in [5.41, 5.74) is 1.53. The van der Waals surface area contributed by atoms with Gasteiger partial charge < -0.3 is 10.1 Å². The minimum Gasteiger partial charge on any atom is -0.490 e. The van der Waals surface area contributed by atoms with Crippen LogP contribution in [0.5, 0.6) is 5.75 Å². The molecule has 0 spiro atoms. The molecule has 0 bridgehead atoms. The molecule has 142 valence electrons. The van der Waals surface area contributed by atoms with E-state index < -0.39 is 11.8 Å². The van der Waals surface area contributed by atoms with Crippen LogP contribution in [0.2, 0.25) is 5.02 Å². The number of amides is 2. The van der Waals surface area contributed by atoms with Crippen molar-refractivity contribution >= 4 is 29.1 Å². The standard InChI is InChI=1S/C20H16ClFN4O2/c21-14-4-1-3-13(11-14)16-5-6-18-19(24-16)26(9-2-10-28-18)20(27)25-17-7-8-23-12-15(17)22/h1,3-8,11-12H,2,9-10H2,(H,23,25,27). The molecule has 4 rings (SSSR count). The van der Waals surface area contributed by atoms with Crippen molar-refractivity contribution in [3.05, 3.63) is 65.7 Å². The molecular weight excluding hydrogens is 383 g/mol. The van der Waals surface area contributed by atoms with E-state index in [2.05, 4.69) is 15.3 Å². The highest BCUT2D eigenvalue weighted by Crippen LogP contribution is 2.33. The molecule has 0 unspecified atom stereocenters. The van der Waals surface area contributed by atoms with E-state index in [0.717, 1.165) is 11.8 Å². The second-order valence-electron chi connectivity index (χ2n) is 6.17. The van der Waals surface area contributed by atoms with Gasteiger partial charge in [0.25, 0.3) is 0 Å². The first-order valence-corrected chi connectivity index (χ1v) is 9.07. The van der Waals surface area contributed by atoms with Crippen molar-refractivity contribution in [1.82, 2.24) is 9.97 Å². The minimum absolute atomic E-state index is 0.0534. The van der Waals surface area contributed by atoms with Gasteiger partial charge in [-0.3, -0.25) is 9.88 Å². The highest BCUT2D eigenvalue weighted by Gasteiger charge is 2.25. The number of urea groups is 1. The summed E-state index contributed by atoms with van der Waals surface area (Å²) in [5, 5.41) is 3.16. The Bertz CT molecular complexity index is 1030. The summed E-state index contributed by atoms with van der Waals surface area (Å²) in [6.07, 6.45) is 3.08. The first kappa shape index (κ1) is 18.2. The Morgan fingerprint density at radius 3 is 2.96 bits per heavy atom. The highest BCUT2D eigenvalue weighted by molar-refractivity contribution is 6.30. The zero-order valence-electron chi connectivity index (χ0n) is 14.7. The molecule has 2 amide bonds. The van der Waals surface area contributed by atoms with Gasteiger partial charge in [0, 0.05) is 23.3 Å². The van der Waals surface area contributed by atoms with Crippen molar-refractivity contribution in [1.29, 1.82) is 0 Å². The zero-order chi connectivity index (χ0) is 19.5. The summed E-state index contributed by atoms with van der Waals surface area (Å²) in [6, 6.07) is 11.8. The highest BCUT2D eigenvalue weighted by atomic mass is 35.5. The molecule has 0 aliphatic carbocycles. The third-order valence-electron chi connectivity index (χ3n) is 4.26. The van der Waals surface area contributed by atoms with Crippen molar-refractivity contribution in [2.75, 3.05) is 23.4 Å². The van der Waals surface area contributed by atoms with Gasteiger partial charge in [-0.05, 0) is 36.8 Å². The lowest BCUT2D eigenvalue weighted by molar-refractivity contribution is 0.256. The molecule has 1 aliphatic rings. The molecule has 0 fully saturated rings. The zero-order valence-corrected chi connectivity index (χ0v) is 15.5. The Kier molecular flexibility index (Phi) is 5.08. The van der Waals surface area contributed by atoms with Crippen LogP contribution in [0.3, 0.4) is 0 Å². The molecule has 6 nitrogen and oxygen atoms in total. The van der Waals surface area contributed by atoms with Gasteiger partial charge in [0.1, 0.15) is 0 Å². The van der Waals surface area contributed by atoms with Crippen LogP contribution in [-0.4, -0.2) is 29.2 Å². The third kappa shape index (κ3) is 3.75. The van der Waals surface area contributed by atoms with Crippen LogP contribution in [0.25, 0.3) is 11.3 Å². The van der Waals surface area contributed by atoms with Gasteiger partial charge in [-0.2, -0.15) is 0 Å². The molecule has 3 aromatic rings. The summed E-state index contributed by atoms with van der Waals surface area (Å²) >= 11 is 6.08. The van der Waals surface area contributed by atoms with Crippen LogP contribution in [0.1, 0.15) is 6.42 Å². The fraction of sp³-hybridized carbons (Fsp3) is 0.150. The fourth-order valence-corrected chi connectivity index (χ4v) is 3.11. The molecule has 0 saturated heterocycles. The number of halogens is 2. The average Bonchev–Trinajstić information content (AvgIpc) is 2.91. The van der Waals surface area contributed by atoms with Gasteiger partial charge in [0.2, 0.25) is 0 Å². The number of pyridine rings is 2. The molecule has 0 radical (unpaired) electrons. The molecule has 28 heavy (non-hydrogen) atoms. The van der Waals surface area contributed by atoms with Gasteiger partial charge in [-0.25, -0.2) is 14.2 Å². The smallest absolute Gasteiger partial charge is 0.327 e. The SMILES string of the molecule is O=C(Nc1ccncc1F)N1CCCOc2ccc(-c3cccc(Cl)c3)nc21. The van der Waals surface area contributed by atoms with Gasteiger partial charge in [-0.1, -0.05) is 23.7 Å². The van der Waals surface area contributed by atoms with E-state index in [1.165, 1.54) is 17.2 Å². The second-order valence-corrected chi connectivity index (χ2v) is 6.60. The summed E-state index contributed by atoms with van der Waals surface area (Å²) < 4.78 is 19.6. The maximum atomic E-state index is 13.9. The number of carbonyl (C=O) groups excluding carboxylic acids is 1.